The zero-order chi connectivity index (χ0) is 21.0. The van der Waals surface area contributed by atoms with Gasteiger partial charge >= 0.3 is 11.9 Å². The average molecular weight is 399 g/mol. The summed E-state index contributed by atoms with van der Waals surface area (Å²) in [4.78, 5) is 25.6. The molecule has 0 aliphatic heterocycles. The van der Waals surface area contributed by atoms with Crippen LogP contribution in [0.5, 0.6) is 0 Å². The highest BCUT2D eigenvalue weighted by molar-refractivity contribution is 5.72. The van der Waals surface area contributed by atoms with Crippen molar-refractivity contribution in [2.24, 2.45) is 0 Å². The third-order valence-corrected chi connectivity index (χ3v) is 3.45. The largest absolute Gasteiger partial charge is 0.480 e. The molecule has 0 aromatic heterocycles. The van der Waals surface area contributed by atoms with Crippen molar-refractivity contribution >= 4 is 11.9 Å². The van der Waals surface area contributed by atoms with Crippen molar-refractivity contribution in [3.63, 3.8) is 0 Å². The van der Waals surface area contributed by atoms with Crippen LogP contribution in [-0.4, -0.2) is 145 Å². The topological polar surface area (TPSA) is 206 Å². The molecule has 0 bridgehead atoms. The second-order valence-electron chi connectivity index (χ2n) is 6.00. The van der Waals surface area contributed by atoms with Crippen LogP contribution < -0.4 is 0 Å². The SMILES string of the molecule is O=C(O)CN(CCN(CCN(CC(O)O)CC(O)O)CC(O)O)CC(=O)O. The van der Waals surface area contributed by atoms with Crippen LogP contribution in [0.25, 0.3) is 0 Å². The van der Waals surface area contributed by atoms with Gasteiger partial charge in [-0.2, -0.15) is 0 Å². The fraction of sp³-hybridized carbons (Fsp3) is 0.857. The summed E-state index contributed by atoms with van der Waals surface area (Å²) in [7, 11) is 0. The molecular formula is C14H29N3O10. The van der Waals surface area contributed by atoms with E-state index >= 15 is 0 Å². The van der Waals surface area contributed by atoms with Gasteiger partial charge in [-0.15, -0.1) is 0 Å². The summed E-state index contributed by atoms with van der Waals surface area (Å²) in [6.45, 7) is -1.36. The lowest BCUT2D eigenvalue weighted by Gasteiger charge is -2.30. The summed E-state index contributed by atoms with van der Waals surface area (Å²) >= 11 is 0. The Kier molecular flexibility index (Phi) is 13.0. The Labute approximate surface area is 155 Å². The molecule has 0 aromatic rings. The highest BCUT2D eigenvalue weighted by Gasteiger charge is 2.18. The molecule has 8 N–H and O–H groups in total. The van der Waals surface area contributed by atoms with Gasteiger partial charge in [-0.3, -0.25) is 24.3 Å². The molecule has 0 fully saturated rings. The number of hydrogen-bond donors (Lipinski definition) is 8. The lowest BCUT2D eigenvalue weighted by molar-refractivity contribution is -0.142. The fourth-order valence-corrected chi connectivity index (χ4v) is 2.41. The number of aliphatic carboxylic acids is 2. The number of aliphatic hydroxyl groups excluding tert-OH is 3. The van der Waals surface area contributed by atoms with Gasteiger partial charge in [0.15, 0.2) is 18.9 Å². The predicted molar refractivity (Wildman–Crippen MR) is 89.3 cm³/mol. The first-order valence-electron chi connectivity index (χ1n) is 8.18. The van der Waals surface area contributed by atoms with E-state index in [0.29, 0.717) is 0 Å². The zero-order valence-electron chi connectivity index (χ0n) is 14.8. The van der Waals surface area contributed by atoms with E-state index in [2.05, 4.69) is 0 Å². The number of nitrogens with zero attached hydrogens (tertiary/aromatic N) is 3. The molecule has 0 spiro atoms. The molecule has 0 heterocycles. The highest BCUT2D eigenvalue weighted by atomic mass is 16.5. The van der Waals surface area contributed by atoms with E-state index in [1.165, 1.54) is 9.80 Å². The Hall–Kier alpha value is -1.42. The number of hydrogen-bond acceptors (Lipinski definition) is 11. The third-order valence-electron chi connectivity index (χ3n) is 3.45. The van der Waals surface area contributed by atoms with Crippen LogP contribution in [0.3, 0.4) is 0 Å². The van der Waals surface area contributed by atoms with Gasteiger partial charge in [-0.1, -0.05) is 0 Å². The maximum absolute atomic E-state index is 10.8. The molecule has 0 unspecified atom stereocenters. The van der Waals surface area contributed by atoms with Gasteiger partial charge in [0.25, 0.3) is 0 Å². The first-order chi connectivity index (χ1) is 12.5. The second kappa shape index (κ2) is 13.7. The minimum absolute atomic E-state index is 0.0244. The number of carboxylic acid groups (broad SMARTS) is 2. The molecule has 13 nitrogen and oxygen atoms in total. The Bertz CT molecular complexity index is 409. The van der Waals surface area contributed by atoms with Gasteiger partial charge in [-0.05, 0) is 0 Å². The van der Waals surface area contributed by atoms with Crippen LogP contribution in [-0.2, 0) is 9.59 Å². The number of carboxylic acids is 2. The predicted octanol–water partition coefficient (Wildman–Crippen LogP) is -5.01. The van der Waals surface area contributed by atoms with E-state index in [9.17, 15) is 19.8 Å². The van der Waals surface area contributed by atoms with Crippen molar-refractivity contribution in [2.45, 2.75) is 18.9 Å². The maximum Gasteiger partial charge on any atom is 0.317 e. The molecule has 0 atom stereocenters. The molecule has 0 rings (SSSR count). The molecule has 0 saturated carbocycles. The van der Waals surface area contributed by atoms with Crippen LogP contribution in [0.1, 0.15) is 0 Å². The third kappa shape index (κ3) is 15.3. The Morgan fingerprint density at radius 1 is 0.556 bits per heavy atom. The number of rotatable bonds is 16. The number of carbonyl (C=O) groups is 2. The van der Waals surface area contributed by atoms with E-state index in [1.54, 1.807) is 0 Å². The summed E-state index contributed by atoms with van der Waals surface area (Å²) in [5.74, 6) is -2.41. The van der Waals surface area contributed by atoms with Crippen LogP contribution in [0.2, 0.25) is 0 Å². The van der Waals surface area contributed by atoms with Gasteiger partial charge in [-0.25, -0.2) is 0 Å². The van der Waals surface area contributed by atoms with Gasteiger partial charge in [0, 0.05) is 45.8 Å². The molecule has 160 valence electrons. The van der Waals surface area contributed by atoms with Crippen molar-refractivity contribution in [1.82, 2.24) is 14.7 Å². The number of aliphatic hydroxyl groups is 6. The van der Waals surface area contributed by atoms with Gasteiger partial charge in [0.1, 0.15) is 0 Å². The van der Waals surface area contributed by atoms with Crippen molar-refractivity contribution in [1.29, 1.82) is 0 Å². The Balaban J connectivity index is 4.78. The fourth-order valence-electron chi connectivity index (χ4n) is 2.41. The van der Waals surface area contributed by atoms with Crippen molar-refractivity contribution in [3.8, 4) is 0 Å². The molecular weight excluding hydrogens is 370 g/mol. The van der Waals surface area contributed by atoms with Gasteiger partial charge in [0.2, 0.25) is 0 Å². The second-order valence-corrected chi connectivity index (χ2v) is 6.00. The molecule has 0 aromatic carbocycles. The maximum atomic E-state index is 10.8. The van der Waals surface area contributed by atoms with Gasteiger partial charge < -0.3 is 40.9 Å². The van der Waals surface area contributed by atoms with Crippen molar-refractivity contribution in [3.05, 3.63) is 0 Å². The quantitative estimate of drug-likeness (QED) is 0.115. The zero-order valence-corrected chi connectivity index (χ0v) is 14.8. The molecule has 0 saturated heterocycles. The molecule has 13 heteroatoms. The molecule has 0 aliphatic carbocycles. The van der Waals surface area contributed by atoms with Crippen LogP contribution >= 0.6 is 0 Å². The molecule has 0 amide bonds. The lowest BCUT2D eigenvalue weighted by atomic mass is 10.3. The summed E-state index contributed by atoms with van der Waals surface area (Å²) in [5.41, 5.74) is 0. The van der Waals surface area contributed by atoms with Crippen molar-refractivity contribution in [2.75, 3.05) is 58.9 Å². The molecule has 0 radical (unpaired) electrons. The summed E-state index contributed by atoms with van der Waals surface area (Å²) in [5, 5.41) is 72.1. The minimum Gasteiger partial charge on any atom is -0.480 e. The van der Waals surface area contributed by atoms with Crippen LogP contribution in [0.4, 0.5) is 0 Å². The summed E-state index contributed by atoms with van der Waals surface area (Å²) < 4.78 is 0. The average Bonchev–Trinajstić information content (AvgIpc) is 2.46. The lowest BCUT2D eigenvalue weighted by Crippen LogP contribution is -2.46. The van der Waals surface area contributed by atoms with Crippen molar-refractivity contribution < 1.29 is 50.4 Å². The smallest absolute Gasteiger partial charge is 0.317 e. The summed E-state index contributed by atoms with van der Waals surface area (Å²) in [6.07, 6.45) is -5.11. The van der Waals surface area contributed by atoms with E-state index in [1.807, 2.05) is 0 Å². The normalized spacial score (nSPS) is 12.3. The van der Waals surface area contributed by atoms with E-state index < -0.39 is 43.9 Å². The Morgan fingerprint density at radius 3 is 1.19 bits per heavy atom. The minimum atomic E-state index is -1.71. The van der Waals surface area contributed by atoms with Crippen LogP contribution in [0, 0.1) is 0 Å². The van der Waals surface area contributed by atoms with E-state index in [4.69, 9.17) is 30.6 Å². The summed E-state index contributed by atoms with van der Waals surface area (Å²) in [6, 6.07) is 0. The monoisotopic (exact) mass is 399 g/mol. The molecule has 27 heavy (non-hydrogen) atoms. The standard InChI is InChI=1S/C14H29N3O10/c18-10(19)5-15(1-3-16(6-11(20)21)7-12(22)23)2-4-17(8-13(24)25)9-14(26)27/h10-12,18-23H,1-9H2,(H,24,25)(H,26,27). The highest BCUT2D eigenvalue weighted by Crippen LogP contribution is 1.99. The first-order valence-corrected chi connectivity index (χ1v) is 8.18. The van der Waals surface area contributed by atoms with Gasteiger partial charge in [0.05, 0.1) is 13.1 Å². The van der Waals surface area contributed by atoms with E-state index in [-0.39, 0.29) is 45.8 Å². The van der Waals surface area contributed by atoms with E-state index in [0.717, 1.165) is 4.90 Å². The molecule has 0 aliphatic rings. The Morgan fingerprint density at radius 2 is 0.852 bits per heavy atom. The first kappa shape index (κ1) is 25.6. The van der Waals surface area contributed by atoms with Crippen LogP contribution in [0.15, 0.2) is 0 Å².